The van der Waals surface area contributed by atoms with Gasteiger partial charge in [0.1, 0.15) is 0 Å². The monoisotopic (exact) mass is 336 g/mol. The second kappa shape index (κ2) is 9.86. The van der Waals surface area contributed by atoms with Gasteiger partial charge < -0.3 is 4.74 Å². The summed E-state index contributed by atoms with van der Waals surface area (Å²) >= 11 is 0. The summed E-state index contributed by atoms with van der Waals surface area (Å²) in [5.41, 5.74) is 1.59. The standard InChI is InChI=1S/C19H32O3Si/c1-5-23(6-2,7-3)17-14-16(18(20)15-17)12-10-8-9-11-13-19(21)22-4/h8-9,14,17H,5-7,10-13,15H2,1-4H3/b9-8-. The normalized spacial score (nSPS) is 18.5. The van der Waals surface area contributed by atoms with Gasteiger partial charge in [0.05, 0.1) is 15.2 Å². The quantitative estimate of drug-likeness (QED) is 0.318. The molecule has 4 heteroatoms. The Balaban J connectivity index is 2.50. The van der Waals surface area contributed by atoms with Crippen molar-refractivity contribution in [3.8, 4) is 0 Å². The van der Waals surface area contributed by atoms with E-state index in [0.717, 1.165) is 24.8 Å². The molecule has 1 rings (SSSR count). The van der Waals surface area contributed by atoms with Gasteiger partial charge >= 0.3 is 5.97 Å². The molecular formula is C19H32O3Si. The Morgan fingerprint density at radius 3 is 2.39 bits per heavy atom. The molecule has 0 spiro atoms. The highest BCUT2D eigenvalue weighted by molar-refractivity contribution is 6.81. The molecule has 130 valence electrons. The Morgan fingerprint density at radius 1 is 1.22 bits per heavy atom. The Hall–Kier alpha value is -1.16. The Bertz CT molecular complexity index is 453. The van der Waals surface area contributed by atoms with Crippen molar-refractivity contribution < 1.29 is 14.3 Å². The van der Waals surface area contributed by atoms with Gasteiger partial charge in [0.15, 0.2) is 5.78 Å². The minimum atomic E-state index is -1.31. The zero-order valence-corrected chi connectivity index (χ0v) is 16.2. The first-order valence-corrected chi connectivity index (χ1v) is 11.7. The molecule has 0 aromatic heterocycles. The van der Waals surface area contributed by atoms with Crippen molar-refractivity contribution in [1.29, 1.82) is 0 Å². The SMILES string of the molecule is CC[Si](CC)(CC)C1C=C(CC/C=C\CCC(=O)OC)C(=O)C1. The lowest BCUT2D eigenvalue weighted by Gasteiger charge is -2.33. The lowest BCUT2D eigenvalue weighted by molar-refractivity contribution is -0.140. The minimum absolute atomic E-state index is 0.175. The summed E-state index contributed by atoms with van der Waals surface area (Å²) in [6, 6.07) is 3.82. The highest BCUT2D eigenvalue weighted by Gasteiger charge is 2.39. The van der Waals surface area contributed by atoms with Gasteiger partial charge in [-0.3, -0.25) is 9.59 Å². The van der Waals surface area contributed by atoms with Crippen LogP contribution in [0.15, 0.2) is 23.8 Å². The van der Waals surface area contributed by atoms with Crippen molar-refractivity contribution in [3.05, 3.63) is 23.8 Å². The van der Waals surface area contributed by atoms with Gasteiger partial charge in [0, 0.05) is 12.8 Å². The molecule has 0 bridgehead atoms. The third kappa shape index (κ3) is 5.45. The molecule has 0 saturated carbocycles. The minimum Gasteiger partial charge on any atom is -0.469 e. The molecule has 0 heterocycles. The Labute approximate surface area is 142 Å². The number of carbonyl (C=O) groups excluding carboxylic acids is 2. The molecule has 0 radical (unpaired) electrons. The van der Waals surface area contributed by atoms with Crippen molar-refractivity contribution in [2.75, 3.05) is 7.11 Å². The third-order valence-corrected chi connectivity index (χ3v) is 11.7. The molecule has 1 atom stereocenters. The number of ketones is 1. The van der Waals surface area contributed by atoms with Crippen LogP contribution in [0.5, 0.6) is 0 Å². The molecule has 1 unspecified atom stereocenters. The van der Waals surface area contributed by atoms with Crippen LogP contribution in [0.2, 0.25) is 23.7 Å². The summed E-state index contributed by atoms with van der Waals surface area (Å²) in [6.07, 6.45) is 10.0. The topological polar surface area (TPSA) is 43.4 Å². The van der Waals surface area contributed by atoms with Crippen molar-refractivity contribution in [2.45, 2.75) is 76.5 Å². The van der Waals surface area contributed by atoms with E-state index in [4.69, 9.17) is 0 Å². The molecule has 1 aliphatic carbocycles. The van der Waals surface area contributed by atoms with Crippen LogP contribution in [0.4, 0.5) is 0 Å². The summed E-state index contributed by atoms with van der Waals surface area (Å²) in [6.45, 7) is 6.92. The van der Waals surface area contributed by atoms with E-state index in [2.05, 4.69) is 37.7 Å². The van der Waals surface area contributed by atoms with Crippen LogP contribution in [0.1, 0.15) is 52.9 Å². The summed E-state index contributed by atoms with van der Waals surface area (Å²) in [7, 11) is 0.0980. The van der Waals surface area contributed by atoms with E-state index in [1.165, 1.54) is 25.2 Å². The van der Waals surface area contributed by atoms with Gasteiger partial charge in [-0.15, -0.1) is 0 Å². The van der Waals surface area contributed by atoms with E-state index >= 15 is 0 Å². The van der Waals surface area contributed by atoms with Crippen LogP contribution >= 0.6 is 0 Å². The average molecular weight is 337 g/mol. The summed E-state index contributed by atoms with van der Waals surface area (Å²) < 4.78 is 4.60. The van der Waals surface area contributed by atoms with Crippen LogP contribution in [0.25, 0.3) is 0 Å². The lowest BCUT2D eigenvalue weighted by atomic mass is 10.1. The van der Waals surface area contributed by atoms with Crippen LogP contribution in [0.3, 0.4) is 0 Å². The highest BCUT2D eigenvalue weighted by atomic mass is 28.3. The summed E-state index contributed by atoms with van der Waals surface area (Å²) in [5.74, 6) is 0.191. The molecular weight excluding hydrogens is 304 g/mol. The number of rotatable bonds is 10. The zero-order valence-electron chi connectivity index (χ0n) is 15.2. The first-order valence-electron chi connectivity index (χ1n) is 8.98. The van der Waals surface area contributed by atoms with E-state index in [-0.39, 0.29) is 5.97 Å². The first-order chi connectivity index (χ1) is 11.0. The molecule has 0 aliphatic heterocycles. The van der Waals surface area contributed by atoms with Crippen molar-refractivity contribution in [1.82, 2.24) is 0 Å². The summed E-state index contributed by atoms with van der Waals surface area (Å²) in [5, 5.41) is 0. The van der Waals surface area contributed by atoms with E-state index < -0.39 is 8.07 Å². The molecule has 0 aromatic carbocycles. The molecule has 0 amide bonds. The number of hydrogen-bond acceptors (Lipinski definition) is 3. The van der Waals surface area contributed by atoms with E-state index in [1.807, 2.05) is 6.08 Å². The van der Waals surface area contributed by atoms with Crippen LogP contribution in [-0.2, 0) is 14.3 Å². The maximum atomic E-state index is 12.3. The Kier molecular flexibility index (Phi) is 8.52. The fraction of sp³-hybridized carbons (Fsp3) is 0.684. The van der Waals surface area contributed by atoms with Crippen molar-refractivity contribution in [2.24, 2.45) is 0 Å². The van der Waals surface area contributed by atoms with Gasteiger partial charge in [-0.05, 0) is 30.4 Å². The number of Topliss-reactive ketones (excluding diaryl/α,β-unsaturated/α-hetero) is 1. The van der Waals surface area contributed by atoms with Crippen molar-refractivity contribution in [3.63, 3.8) is 0 Å². The fourth-order valence-corrected chi connectivity index (χ4v) is 7.90. The van der Waals surface area contributed by atoms with Crippen LogP contribution < -0.4 is 0 Å². The van der Waals surface area contributed by atoms with Gasteiger partial charge in [-0.25, -0.2) is 0 Å². The van der Waals surface area contributed by atoms with E-state index in [9.17, 15) is 9.59 Å². The fourth-order valence-electron chi connectivity index (χ4n) is 3.66. The third-order valence-electron chi connectivity index (χ3n) is 5.55. The second-order valence-electron chi connectivity index (χ2n) is 6.47. The molecule has 1 aliphatic rings. The Morgan fingerprint density at radius 2 is 1.83 bits per heavy atom. The van der Waals surface area contributed by atoms with Gasteiger partial charge in [-0.2, -0.15) is 0 Å². The number of hydrogen-bond donors (Lipinski definition) is 0. The molecule has 3 nitrogen and oxygen atoms in total. The van der Waals surface area contributed by atoms with Crippen LogP contribution in [0, 0.1) is 0 Å². The van der Waals surface area contributed by atoms with Gasteiger partial charge in [0.2, 0.25) is 0 Å². The second-order valence-corrected chi connectivity index (χ2v) is 12.1. The van der Waals surface area contributed by atoms with Gasteiger partial charge in [-0.1, -0.05) is 57.1 Å². The van der Waals surface area contributed by atoms with E-state index in [1.54, 1.807) is 0 Å². The maximum absolute atomic E-state index is 12.3. The molecule has 0 fully saturated rings. The number of methoxy groups -OCH3 is 1. The molecule has 0 N–H and O–H groups in total. The highest BCUT2D eigenvalue weighted by Crippen LogP contribution is 2.42. The molecule has 23 heavy (non-hydrogen) atoms. The first kappa shape index (κ1) is 19.9. The predicted molar refractivity (Wildman–Crippen MR) is 98.3 cm³/mol. The van der Waals surface area contributed by atoms with E-state index in [0.29, 0.717) is 24.2 Å². The molecule has 0 saturated heterocycles. The van der Waals surface area contributed by atoms with Crippen LogP contribution in [-0.4, -0.2) is 26.9 Å². The number of ether oxygens (including phenoxy) is 1. The average Bonchev–Trinajstić information content (AvgIpc) is 2.94. The zero-order chi connectivity index (χ0) is 17.3. The lowest BCUT2D eigenvalue weighted by Crippen LogP contribution is -2.36. The van der Waals surface area contributed by atoms with Crippen molar-refractivity contribution >= 4 is 19.8 Å². The number of carbonyl (C=O) groups is 2. The smallest absolute Gasteiger partial charge is 0.305 e. The van der Waals surface area contributed by atoms with Gasteiger partial charge in [0.25, 0.3) is 0 Å². The largest absolute Gasteiger partial charge is 0.469 e. The number of allylic oxidation sites excluding steroid dienone is 4. The maximum Gasteiger partial charge on any atom is 0.305 e. The number of esters is 1. The molecule has 0 aromatic rings. The summed E-state index contributed by atoms with van der Waals surface area (Å²) in [4.78, 5) is 23.3. The predicted octanol–water partition coefficient (Wildman–Crippen LogP) is 5.05.